The molecule has 2 aromatic carbocycles. The molecule has 1 heterocycles. The molecule has 0 radical (unpaired) electrons. The van der Waals surface area contributed by atoms with Crippen molar-refractivity contribution in [2.75, 3.05) is 5.32 Å². The summed E-state index contributed by atoms with van der Waals surface area (Å²) in [7, 11) is 0. The van der Waals surface area contributed by atoms with Crippen molar-refractivity contribution in [2.45, 2.75) is 6.92 Å². The molecule has 0 saturated heterocycles. The lowest BCUT2D eigenvalue weighted by Gasteiger charge is -2.13. The fourth-order valence-corrected chi connectivity index (χ4v) is 2.27. The molecule has 0 aliphatic heterocycles. The molecular formula is C18H15FN2. The van der Waals surface area contributed by atoms with E-state index in [-0.39, 0.29) is 5.82 Å². The van der Waals surface area contributed by atoms with Gasteiger partial charge in [0.25, 0.3) is 0 Å². The number of nitrogens with one attached hydrogen (secondary N) is 1. The normalized spacial score (nSPS) is 10.4. The highest BCUT2D eigenvalue weighted by Gasteiger charge is 2.10. The molecule has 0 amide bonds. The number of anilines is 2. The SMILES string of the molecule is Cc1ccc(-c2ccccc2F)c(Nc2cccnc2)c1. The van der Waals surface area contributed by atoms with E-state index in [1.165, 1.54) is 6.07 Å². The lowest BCUT2D eigenvalue weighted by molar-refractivity contribution is 0.631. The van der Waals surface area contributed by atoms with Crippen molar-refractivity contribution in [3.63, 3.8) is 0 Å². The Morgan fingerprint density at radius 3 is 2.57 bits per heavy atom. The smallest absolute Gasteiger partial charge is 0.131 e. The molecule has 1 N–H and O–H groups in total. The summed E-state index contributed by atoms with van der Waals surface area (Å²) in [4.78, 5) is 4.09. The lowest BCUT2D eigenvalue weighted by atomic mass is 10.0. The zero-order chi connectivity index (χ0) is 14.7. The molecule has 0 bridgehead atoms. The summed E-state index contributed by atoms with van der Waals surface area (Å²) in [5.74, 6) is -0.226. The number of aryl methyl sites for hydroxylation is 1. The van der Waals surface area contributed by atoms with E-state index in [2.05, 4.69) is 10.3 Å². The summed E-state index contributed by atoms with van der Waals surface area (Å²) < 4.78 is 14.1. The van der Waals surface area contributed by atoms with Crippen LogP contribution in [-0.4, -0.2) is 4.98 Å². The van der Waals surface area contributed by atoms with Crippen LogP contribution in [0.2, 0.25) is 0 Å². The number of halogens is 1. The number of rotatable bonds is 3. The molecular weight excluding hydrogens is 263 g/mol. The van der Waals surface area contributed by atoms with Gasteiger partial charge in [0.05, 0.1) is 11.9 Å². The Labute approximate surface area is 123 Å². The molecule has 3 aromatic rings. The topological polar surface area (TPSA) is 24.9 Å². The van der Waals surface area contributed by atoms with Crippen molar-refractivity contribution in [2.24, 2.45) is 0 Å². The van der Waals surface area contributed by atoms with Crippen LogP contribution in [0, 0.1) is 12.7 Å². The van der Waals surface area contributed by atoms with E-state index < -0.39 is 0 Å². The summed E-state index contributed by atoms with van der Waals surface area (Å²) in [6, 6.07) is 16.5. The Morgan fingerprint density at radius 1 is 0.952 bits per heavy atom. The summed E-state index contributed by atoms with van der Waals surface area (Å²) in [5, 5.41) is 3.31. The first-order valence-corrected chi connectivity index (χ1v) is 6.76. The monoisotopic (exact) mass is 278 g/mol. The Kier molecular flexibility index (Phi) is 3.65. The third kappa shape index (κ3) is 2.92. The van der Waals surface area contributed by atoms with E-state index >= 15 is 0 Å². The van der Waals surface area contributed by atoms with Crippen LogP contribution in [0.3, 0.4) is 0 Å². The molecule has 0 fully saturated rings. The van der Waals surface area contributed by atoms with Gasteiger partial charge in [0.15, 0.2) is 0 Å². The first-order valence-electron chi connectivity index (χ1n) is 6.76. The van der Waals surface area contributed by atoms with Gasteiger partial charge in [-0.1, -0.05) is 30.3 Å². The maximum Gasteiger partial charge on any atom is 0.131 e. The molecule has 0 spiro atoms. The molecule has 3 rings (SSSR count). The van der Waals surface area contributed by atoms with Crippen molar-refractivity contribution in [3.05, 3.63) is 78.4 Å². The van der Waals surface area contributed by atoms with Gasteiger partial charge in [0, 0.05) is 23.0 Å². The fraction of sp³-hybridized carbons (Fsp3) is 0.0556. The highest BCUT2D eigenvalue weighted by molar-refractivity contribution is 5.81. The van der Waals surface area contributed by atoms with Crippen molar-refractivity contribution in [3.8, 4) is 11.1 Å². The summed E-state index contributed by atoms with van der Waals surface area (Å²) >= 11 is 0. The minimum absolute atomic E-state index is 0.226. The van der Waals surface area contributed by atoms with Crippen LogP contribution in [-0.2, 0) is 0 Å². The Morgan fingerprint density at radius 2 is 1.81 bits per heavy atom. The zero-order valence-electron chi connectivity index (χ0n) is 11.7. The largest absolute Gasteiger partial charge is 0.354 e. The number of benzene rings is 2. The van der Waals surface area contributed by atoms with E-state index in [1.54, 1.807) is 24.5 Å². The second-order valence-corrected chi connectivity index (χ2v) is 4.90. The van der Waals surface area contributed by atoms with Gasteiger partial charge < -0.3 is 5.32 Å². The molecule has 0 unspecified atom stereocenters. The second-order valence-electron chi connectivity index (χ2n) is 4.90. The van der Waals surface area contributed by atoms with Crippen molar-refractivity contribution in [1.82, 2.24) is 4.98 Å². The molecule has 21 heavy (non-hydrogen) atoms. The number of hydrogen-bond donors (Lipinski definition) is 1. The predicted octanol–water partition coefficient (Wildman–Crippen LogP) is 4.94. The van der Waals surface area contributed by atoms with Crippen LogP contribution in [0.1, 0.15) is 5.56 Å². The minimum atomic E-state index is -0.226. The van der Waals surface area contributed by atoms with Crippen LogP contribution in [0.25, 0.3) is 11.1 Å². The summed E-state index contributed by atoms with van der Waals surface area (Å²) in [6.07, 6.45) is 3.46. The minimum Gasteiger partial charge on any atom is -0.354 e. The molecule has 0 saturated carbocycles. The third-order valence-corrected chi connectivity index (χ3v) is 3.28. The van der Waals surface area contributed by atoms with Gasteiger partial charge in [0.1, 0.15) is 5.82 Å². The maximum atomic E-state index is 14.1. The van der Waals surface area contributed by atoms with Gasteiger partial charge in [-0.05, 0) is 36.8 Å². The number of nitrogens with zero attached hydrogens (tertiary/aromatic N) is 1. The average Bonchev–Trinajstić information content (AvgIpc) is 2.50. The van der Waals surface area contributed by atoms with Crippen LogP contribution >= 0.6 is 0 Å². The number of pyridine rings is 1. The molecule has 1 aromatic heterocycles. The quantitative estimate of drug-likeness (QED) is 0.734. The summed E-state index contributed by atoms with van der Waals surface area (Å²) in [6.45, 7) is 2.01. The predicted molar refractivity (Wildman–Crippen MR) is 84.1 cm³/mol. The van der Waals surface area contributed by atoms with Crippen LogP contribution in [0.5, 0.6) is 0 Å². The van der Waals surface area contributed by atoms with Gasteiger partial charge in [0.2, 0.25) is 0 Å². The number of hydrogen-bond acceptors (Lipinski definition) is 2. The standard InChI is InChI=1S/C18H15FN2/c1-13-8-9-16(15-6-2-3-7-17(15)19)18(11-13)21-14-5-4-10-20-12-14/h2-12,21H,1H3. The van der Waals surface area contributed by atoms with E-state index in [4.69, 9.17) is 0 Å². The Bertz CT molecular complexity index is 754. The highest BCUT2D eigenvalue weighted by Crippen LogP contribution is 2.32. The molecule has 3 heteroatoms. The molecule has 0 aliphatic rings. The summed E-state index contributed by atoms with van der Waals surface area (Å²) in [5.41, 5.74) is 4.28. The lowest BCUT2D eigenvalue weighted by Crippen LogP contribution is -1.95. The van der Waals surface area contributed by atoms with E-state index in [0.717, 1.165) is 22.5 Å². The van der Waals surface area contributed by atoms with Crippen LogP contribution in [0.15, 0.2) is 67.0 Å². The van der Waals surface area contributed by atoms with Crippen molar-refractivity contribution >= 4 is 11.4 Å². The van der Waals surface area contributed by atoms with Crippen molar-refractivity contribution < 1.29 is 4.39 Å². The maximum absolute atomic E-state index is 14.1. The van der Waals surface area contributed by atoms with Gasteiger partial charge in [-0.15, -0.1) is 0 Å². The van der Waals surface area contributed by atoms with Crippen LogP contribution in [0.4, 0.5) is 15.8 Å². The number of aromatic nitrogens is 1. The van der Waals surface area contributed by atoms with Gasteiger partial charge in [-0.2, -0.15) is 0 Å². The fourth-order valence-electron chi connectivity index (χ4n) is 2.27. The zero-order valence-corrected chi connectivity index (χ0v) is 11.7. The van der Waals surface area contributed by atoms with Crippen molar-refractivity contribution in [1.29, 1.82) is 0 Å². The van der Waals surface area contributed by atoms with E-state index in [1.807, 2.05) is 43.3 Å². The highest BCUT2D eigenvalue weighted by atomic mass is 19.1. The second kappa shape index (κ2) is 5.75. The molecule has 0 atom stereocenters. The first-order chi connectivity index (χ1) is 10.2. The van der Waals surface area contributed by atoms with E-state index in [9.17, 15) is 4.39 Å². The van der Waals surface area contributed by atoms with Crippen LogP contribution < -0.4 is 5.32 Å². The Balaban J connectivity index is 2.08. The molecule has 0 aliphatic carbocycles. The average molecular weight is 278 g/mol. The van der Waals surface area contributed by atoms with Gasteiger partial charge in [-0.25, -0.2) is 4.39 Å². The van der Waals surface area contributed by atoms with Gasteiger partial charge in [-0.3, -0.25) is 4.98 Å². The Hall–Kier alpha value is -2.68. The molecule has 2 nitrogen and oxygen atoms in total. The van der Waals surface area contributed by atoms with E-state index in [0.29, 0.717) is 5.56 Å². The molecule has 104 valence electrons. The third-order valence-electron chi connectivity index (χ3n) is 3.28. The first kappa shape index (κ1) is 13.3. The van der Waals surface area contributed by atoms with Gasteiger partial charge >= 0.3 is 0 Å².